The monoisotopic (exact) mass is 431 g/mol. The SMILES string of the molecule is O=C(N=C1SC2CS(=O)(=O)CC2N1/N=C/c1ccc(Cl)cc1Cl)C1CC1. The van der Waals surface area contributed by atoms with Crippen molar-refractivity contribution in [3.05, 3.63) is 33.8 Å². The Hall–Kier alpha value is -1.09. The Morgan fingerprint density at radius 1 is 1.27 bits per heavy atom. The zero-order valence-electron chi connectivity index (χ0n) is 13.5. The number of nitrogens with zero attached hydrogens (tertiary/aromatic N) is 3. The van der Waals surface area contributed by atoms with E-state index in [-0.39, 0.29) is 34.6 Å². The molecule has 10 heteroatoms. The fourth-order valence-corrected chi connectivity index (χ4v) is 7.23. The number of rotatable bonds is 3. The lowest BCUT2D eigenvalue weighted by Crippen LogP contribution is -2.33. The van der Waals surface area contributed by atoms with Gasteiger partial charge in [-0.2, -0.15) is 10.1 Å². The van der Waals surface area contributed by atoms with Crippen LogP contribution in [0.1, 0.15) is 18.4 Å². The van der Waals surface area contributed by atoms with Crippen LogP contribution in [0.5, 0.6) is 0 Å². The third-order valence-electron chi connectivity index (χ3n) is 4.46. The van der Waals surface area contributed by atoms with Crippen LogP contribution in [0.2, 0.25) is 10.0 Å². The molecule has 4 rings (SSSR count). The van der Waals surface area contributed by atoms with Gasteiger partial charge in [0.1, 0.15) is 0 Å². The summed E-state index contributed by atoms with van der Waals surface area (Å²) in [5.74, 6) is -0.0662. The standard InChI is InChI=1S/C16H15Cl2N3O3S2/c17-11-4-3-10(12(18)5-11)6-19-21-13-7-26(23,24)8-14(13)25-16(21)20-15(22)9-1-2-9/h3-6,9,13-14H,1-2,7-8H2/b19-6+,20-16?. The predicted molar refractivity (Wildman–Crippen MR) is 105 cm³/mol. The number of halogens is 2. The minimum atomic E-state index is -3.11. The van der Waals surface area contributed by atoms with Gasteiger partial charge in [-0.25, -0.2) is 13.4 Å². The molecule has 0 bridgehead atoms. The van der Waals surface area contributed by atoms with Crippen LogP contribution in [-0.4, -0.2) is 53.5 Å². The molecule has 0 aromatic heterocycles. The van der Waals surface area contributed by atoms with Crippen LogP contribution in [0.25, 0.3) is 0 Å². The van der Waals surface area contributed by atoms with Crippen molar-refractivity contribution in [1.82, 2.24) is 5.01 Å². The molecule has 2 heterocycles. The number of hydrogen-bond acceptors (Lipinski definition) is 5. The number of benzene rings is 1. The third kappa shape index (κ3) is 3.78. The molecular formula is C16H15Cl2N3O3S2. The second-order valence-corrected chi connectivity index (χ2v) is 10.8. The average molecular weight is 432 g/mol. The van der Waals surface area contributed by atoms with Gasteiger partial charge in [0.2, 0.25) is 0 Å². The van der Waals surface area contributed by atoms with Crippen molar-refractivity contribution in [2.45, 2.75) is 24.1 Å². The lowest BCUT2D eigenvalue weighted by atomic mass is 10.2. The van der Waals surface area contributed by atoms with Gasteiger partial charge in [0.05, 0.1) is 34.0 Å². The van der Waals surface area contributed by atoms with E-state index in [0.29, 0.717) is 20.8 Å². The third-order valence-corrected chi connectivity index (χ3v) is 8.22. The molecule has 1 aromatic carbocycles. The summed E-state index contributed by atoms with van der Waals surface area (Å²) in [4.78, 5) is 16.3. The first-order chi connectivity index (χ1) is 12.3. The average Bonchev–Trinajstić information content (AvgIpc) is 3.29. The minimum Gasteiger partial charge on any atom is -0.272 e. The summed E-state index contributed by atoms with van der Waals surface area (Å²) >= 11 is 13.4. The van der Waals surface area contributed by atoms with Gasteiger partial charge in [0.25, 0.3) is 5.91 Å². The van der Waals surface area contributed by atoms with E-state index in [0.717, 1.165) is 12.8 Å². The number of hydrogen-bond donors (Lipinski definition) is 0. The van der Waals surface area contributed by atoms with E-state index in [9.17, 15) is 13.2 Å². The molecular weight excluding hydrogens is 417 g/mol. The lowest BCUT2D eigenvalue weighted by molar-refractivity contribution is -0.118. The molecule has 0 spiro atoms. The number of amides is 1. The molecule has 2 atom stereocenters. The normalized spacial score (nSPS) is 28.8. The first-order valence-electron chi connectivity index (χ1n) is 8.10. The predicted octanol–water partition coefficient (Wildman–Crippen LogP) is 2.83. The number of hydrazone groups is 1. The maximum absolute atomic E-state index is 12.1. The summed E-state index contributed by atoms with van der Waals surface area (Å²) in [6.45, 7) is 0. The fraction of sp³-hybridized carbons (Fsp3) is 0.438. The summed E-state index contributed by atoms with van der Waals surface area (Å²) in [5.41, 5.74) is 0.651. The highest BCUT2D eigenvalue weighted by molar-refractivity contribution is 8.15. The molecule has 3 fully saturated rings. The number of thioether (sulfide) groups is 1. The summed E-state index contributed by atoms with van der Waals surface area (Å²) in [5, 5.41) is 7.24. The molecule has 26 heavy (non-hydrogen) atoms. The molecule has 0 N–H and O–H groups in total. The molecule has 1 aromatic rings. The minimum absolute atomic E-state index is 0.00353. The fourth-order valence-electron chi connectivity index (χ4n) is 2.93. The Morgan fingerprint density at radius 2 is 2.04 bits per heavy atom. The van der Waals surface area contributed by atoms with E-state index in [1.165, 1.54) is 11.8 Å². The second kappa shape index (κ2) is 6.82. The first kappa shape index (κ1) is 18.3. The van der Waals surface area contributed by atoms with Crippen molar-refractivity contribution in [3.63, 3.8) is 0 Å². The van der Waals surface area contributed by atoms with E-state index in [1.54, 1.807) is 29.4 Å². The molecule has 1 saturated carbocycles. The zero-order chi connectivity index (χ0) is 18.5. The number of amidine groups is 1. The van der Waals surface area contributed by atoms with Gasteiger partial charge < -0.3 is 0 Å². The van der Waals surface area contributed by atoms with Gasteiger partial charge >= 0.3 is 0 Å². The number of carbonyl (C=O) groups excluding carboxylic acids is 1. The first-order valence-corrected chi connectivity index (χ1v) is 11.6. The van der Waals surface area contributed by atoms with Crippen molar-refractivity contribution in [2.75, 3.05) is 11.5 Å². The molecule has 138 valence electrons. The quantitative estimate of drug-likeness (QED) is 0.687. The smallest absolute Gasteiger partial charge is 0.251 e. The Balaban J connectivity index is 1.63. The van der Waals surface area contributed by atoms with Crippen LogP contribution in [0.3, 0.4) is 0 Å². The molecule has 2 saturated heterocycles. The summed E-state index contributed by atoms with van der Waals surface area (Å²) in [7, 11) is -3.11. The van der Waals surface area contributed by atoms with Crippen molar-refractivity contribution in [3.8, 4) is 0 Å². The van der Waals surface area contributed by atoms with Crippen LogP contribution >= 0.6 is 35.0 Å². The van der Waals surface area contributed by atoms with Gasteiger partial charge in [-0.15, -0.1) is 0 Å². The highest BCUT2D eigenvalue weighted by Crippen LogP contribution is 2.39. The van der Waals surface area contributed by atoms with Crippen molar-refractivity contribution >= 4 is 62.1 Å². The summed E-state index contributed by atoms with van der Waals surface area (Å²) in [6, 6.07) is 4.71. The van der Waals surface area contributed by atoms with E-state index in [4.69, 9.17) is 23.2 Å². The molecule has 3 aliphatic rings. The molecule has 1 aliphatic carbocycles. The van der Waals surface area contributed by atoms with Gasteiger partial charge in [-0.3, -0.25) is 4.79 Å². The largest absolute Gasteiger partial charge is 0.272 e. The van der Waals surface area contributed by atoms with Crippen molar-refractivity contribution < 1.29 is 13.2 Å². The summed E-state index contributed by atoms with van der Waals surface area (Å²) in [6.07, 6.45) is 3.28. The maximum atomic E-state index is 12.1. The van der Waals surface area contributed by atoms with E-state index in [2.05, 4.69) is 10.1 Å². The van der Waals surface area contributed by atoms with Crippen LogP contribution < -0.4 is 0 Å². The number of carbonyl (C=O) groups is 1. The van der Waals surface area contributed by atoms with Gasteiger partial charge in [0, 0.05) is 16.5 Å². The van der Waals surface area contributed by atoms with Crippen LogP contribution in [-0.2, 0) is 14.6 Å². The molecule has 2 unspecified atom stereocenters. The Labute approximate surface area is 165 Å². The van der Waals surface area contributed by atoms with Crippen molar-refractivity contribution in [2.24, 2.45) is 16.0 Å². The number of sulfone groups is 1. The van der Waals surface area contributed by atoms with Crippen LogP contribution in [0, 0.1) is 5.92 Å². The highest BCUT2D eigenvalue weighted by atomic mass is 35.5. The molecule has 6 nitrogen and oxygen atoms in total. The highest BCUT2D eigenvalue weighted by Gasteiger charge is 2.49. The lowest BCUT2D eigenvalue weighted by Gasteiger charge is -2.18. The molecule has 2 aliphatic heterocycles. The summed E-state index contributed by atoms with van der Waals surface area (Å²) < 4.78 is 23.9. The Kier molecular flexibility index (Phi) is 4.79. The second-order valence-electron chi connectivity index (χ2n) is 6.56. The van der Waals surface area contributed by atoms with E-state index < -0.39 is 9.84 Å². The van der Waals surface area contributed by atoms with Crippen LogP contribution in [0.4, 0.5) is 0 Å². The van der Waals surface area contributed by atoms with E-state index in [1.807, 2.05) is 0 Å². The van der Waals surface area contributed by atoms with Gasteiger partial charge in [0.15, 0.2) is 15.0 Å². The number of fused-ring (bicyclic) bond motifs is 1. The Bertz CT molecular complexity index is 929. The van der Waals surface area contributed by atoms with Crippen LogP contribution in [0.15, 0.2) is 28.3 Å². The van der Waals surface area contributed by atoms with Crippen molar-refractivity contribution in [1.29, 1.82) is 0 Å². The zero-order valence-corrected chi connectivity index (χ0v) is 16.7. The topological polar surface area (TPSA) is 79.2 Å². The molecule has 0 radical (unpaired) electrons. The molecule has 1 amide bonds. The van der Waals surface area contributed by atoms with E-state index >= 15 is 0 Å². The Morgan fingerprint density at radius 3 is 2.73 bits per heavy atom. The van der Waals surface area contributed by atoms with Gasteiger partial charge in [-0.1, -0.05) is 41.0 Å². The number of aliphatic imine (C=N–C) groups is 1. The van der Waals surface area contributed by atoms with Gasteiger partial charge in [-0.05, 0) is 25.0 Å². The maximum Gasteiger partial charge on any atom is 0.251 e.